The molecule has 4 heteroatoms. The fourth-order valence-electron chi connectivity index (χ4n) is 3.34. The Balaban J connectivity index is 0.000000256. The maximum Gasteiger partial charge on any atom is 0.293 e. The van der Waals surface area contributed by atoms with E-state index >= 15 is 0 Å². The van der Waals surface area contributed by atoms with E-state index in [1.54, 1.807) is 5.56 Å². The van der Waals surface area contributed by atoms with Crippen LogP contribution in [-0.4, -0.2) is 49.7 Å². The third-order valence-corrected chi connectivity index (χ3v) is 4.70. The molecule has 2 aliphatic rings. The molecular weight excluding hydrogens is 300 g/mol. The van der Waals surface area contributed by atoms with Crippen LogP contribution in [0.4, 0.5) is 5.69 Å². The molecule has 0 unspecified atom stereocenters. The summed E-state index contributed by atoms with van der Waals surface area (Å²) in [6.07, 6.45) is 3.88. The lowest BCUT2D eigenvalue weighted by Crippen LogP contribution is -2.43. The quantitative estimate of drug-likeness (QED) is 0.777. The fourth-order valence-corrected chi connectivity index (χ4v) is 3.34. The van der Waals surface area contributed by atoms with E-state index in [1.165, 1.54) is 50.1 Å². The maximum absolute atomic E-state index is 9.60. The number of carbonyl (C=O) groups is 1. The Morgan fingerprint density at radius 1 is 1.17 bits per heavy atom. The predicted molar refractivity (Wildman–Crippen MR) is 99.7 cm³/mol. The normalized spacial score (nSPS) is 18.6. The molecule has 0 atom stereocenters. The first-order valence-electron chi connectivity index (χ1n) is 8.96. The Bertz CT molecular complexity index is 543. The number of fused-ring (bicyclic) bond motifs is 1. The van der Waals surface area contributed by atoms with Gasteiger partial charge >= 0.3 is 0 Å². The highest BCUT2D eigenvalue weighted by atomic mass is 16.5. The van der Waals surface area contributed by atoms with Crippen LogP contribution in [0, 0.1) is 6.92 Å². The van der Waals surface area contributed by atoms with Crippen molar-refractivity contribution in [3.05, 3.63) is 29.3 Å². The summed E-state index contributed by atoms with van der Waals surface area (Å²) in [5.41, 5.74) is 4.14. The highest BCUT2D eigenvalue weighted by Gasteiger charge is 2.28. The lowest BCUT2D eigenvalue weighted by molar-refractivity contribution is -0.138. The average Bonchev–Trinajstić information content (AvgIpc) is 2.90. The lowest BCUT2D eigenvalue weighted by Gasteiger charge is -2.36. The van der Waals surface area contributed by atoms with Crippen molar-refractivity contribution in [1.82, 2.24) is 4.90 Å². The molecule has 134 valence electrons. The smallest absolute Gasteiger partial charge is 0.293 e. The van der Waals surface area contributed by atoms with Crippen LogP contribution in [0.2, 0.25) is 0 Å². The summed E-state index contributed by atoms with van der Waals surface area (Å²) in [5, 5.41) is 0. The molecule has 24 heavy (non-hydrogen) atoms. The molecule has 1 saturated heterocycles. The van der Waals surface area contributed by atoms with Crippen LogP contribution in [-0.2, 0) is 16.0 Å². The average molecular weight is 332 g/mol. The summed E-state index contributed by atoms with van der Waals surface area (Å²) in [6.45, 7) is 11.9. The van der Waals surface area contributed by atoms with Crippen LogP contribution in [0.3, 0.4) is 0 Å². The summed E-state index contributed by atoms with van der Waals surface area (Å²) in [6, 6.07) is 7.71. The second kappa shape index (κ2) is 8.02. The zero-order chi connectivity index (χ0) is 17.7. The van der Waals surface area contributed by atoms with Crippen molar-refractivity contribution in [3.63, 3.8) is 0 Å². The van der Waals surface area contributed by atoms with Crippen LogP contribution in [0.15, 0.2) is 18.2 Å². The number of aryl methyl sites for hydroxylation is 1. The number of likely N-dealkylation sites (tertiary alicyclic amines) is 1. The molecule has 1 aromatic rings. The second-order valence-electron chi connectivity index (χ2n) is 7.94. The molecule has 0 bridgehead atoms. The highest BCUT2D eigenvalue weighted by molar-refractivity contribution is 5.60. The molecule has 0 aromatic heterocycles. The molecular formula is C20H32N2O2. The van der Waals surface area contributed by atoms with E-state index in [0.717, 1.165) is 6.04 Å². The molecule has 1 aromatic carbocycles. The minimum absolute atomic E-state index is 0.318. The molecule has 0 spiro atoms. The minimum Gasteiger partial charge on any atom is -0.462 e. The molecule has 2 aliphatic heterocycles. The third-order valence-electron chi connectivity index (χ3n) is 4.70. The number of nitrogens with zero attached hydrogens (tertiary/aromatic N) is 2. The van der Waals surface area contributed by atoms with E-state index in [4.69, 9.17) is 0 Å². The van der Waals surface area contributed by atoms with E-state index in [9.17, 15) is 4.79 Å². The first-order valence-corrected chi connectivity index (χ1v) is 8.96. The summed E-state index contributed by atoms with van der Waals surface area (Å²) < 4.78 is 4.55. The Morgan fingerprint density at radius 3 is 2.38 bits per heavy atom. The summed E-state index contributed by atoms with van der Waals surface area (Å²) in [5.74, 6) is 0. The van der Waals surface area contributed by atoms with E-state index in [2.05, 4.69) is 46.7 Å². The molecule has 1 fully saturated rings. The Labute approximate surface area is 146 Å². The number of rotatable bonds is 2. The monoisotopic (exact) mass is 332 g/mol. The van der Waals surface area contributed by atoms with Crippen LogP contribution >= 0.6 is 0 Å². The number of benzene rings is 1. The van der Waals surface area contributed by atoms with Crippen molar-refractivity contribution in [2.24, 2.45) is 0 Å². The lowest BCUT2D eigenvalue weighted by atomic mass is 10.0. The van der Waals surface area contributed by atoms with Crippen LogP contribution < -0.4 is 4.90 Å². The van der Waals surface area contributed by atoms with Gasteiger partial charge in [0.1, 0.15) is 5.60 Å². The zero-order valence-corrected chi connectivity index (χ0v) is 15.8. The zero-order valence-electron chi connectivity index (χ0n) is 15.8. The van der Waals surface area contributed by atoms with Gasteiger partial charge in [0.15, 0.2) is 0 Å². The standard InChI is InChI=1S/C15H22N2.C5H10O2/c1-12-3-4-13-5-10-17(15(13)11-12)14-6-8-16(2)9-7-14;1-5(2,3)7-4-6/h3-4,11,14H,5-10H2,1-2H3;4H,1-3H3. The highest BCUT2D eigenvalue weighted by Crippen LogP contribution is 2.33. The van der Waals surface area contributed by atoms with Crippen LogP contribution in [0.1, 0.15) is 44.7 Å². The van der Waals surface area contributed by atoms with Gasteiger partial charge in [-0.15, -0.1) is 0 Å². The van der Waals surface area contributed by atoms with E-state index < -0.39 is 0 Å². The van der Waals surface area contributed by atoms with Gasteiger partial charge in [0.2, 0.25) is 0 Å². The Morgan fingerprint density at radius 2 is 1.83 bits per heavy atom. The molecule has 0 amide bonds. The Hall–Kier alpha value is -1.55. The SMILES string of the molecule is CC(C)(C)OC=O.Cc1ccc2c(c1)N(C1CCN(C)CC1)CC2. The van der Waals surface area contributed by atoms with Gasteiger partial charge in [-0.25, -0.2) is 0 Å². The van der Waals surface area contributed by atoms with Crippen molar-refractivity contribution in [2.45, 2.75) is 58.6 Å². The fraction of sp³-hybridized carbons (Fsp3) is 0.650. The Kier molecular flexibility index (Phi) is 6.27. The largest absolute Gasteiger partial charge is 0.462 e. The number of ether oxygens (including phenoxy) is 1. The number of carbonyl (C=O) groups excluding carboxylic acids is 1. The maximum atomic E-state index is 9.60. The summed E-state index contributed by atoms with van der Waals surface area (Å²) in [4.78, 5) is 14.7. The van der Waals surface area contributed by atoms with Gasteiger partial charge in [0.05, 0.1) is 0 Å². The van der Waals surface area contributed by atoms with Gasteiger partial charge in [0.25, 0.3) is 6.47 Å². The van der Waals surface area contributed by atoms with E-state index in [1.807, 2.05) is 20.8 Å². The molecule has 4 nitrogen and oxygen atoms in total. The van der Waals surface area contributed by atoms with Gasteiger partial charge in [-0.1, -0.05) is 12.1 Å². The molecule has 3 rings (SSSR count). The number of hydrogen-bond donors (Lipinski definition) is 0. The van der Waals surface area contributed by atoms with Gasteiger partial charge in [-0.05, 0) is 84.3 Å². The number of piperidine rings is 1. The second-order valence-corrected chi connectivity index (χ2v) is 7.94. The van der Waals surface area contributed by atoms with Gasteiger partial charge in [-0.3, -0.25) is 4.79 Å². The van der Waals surface area contributed by atoms with Crippen molar-refractivity contribution >= 4 is 12.2 Å². The number of hydrogen-bond acceptors (Lipinski definition) is 4. The predicted octanol–water partition coefficient (Wildman–Crippen LogP) is 3.41. The first-order chi connectivity index (χ1) is 11.3. The van der Waals surface area contributed by atoms with Gasteiger partial charge in [-0.2, -0.15) is 0 Å². The molecule has 0 N–H and O–H groups in total. The van der Waals surface area contributed by atoms with Crippen LogP contribution in [0.5, 0.6) is 0 Å². The summed E-state index contributed by atoms with van der Waals surface area (Å²) >= 11 is 0. The van der Waals surface area contributed by atoms with E-state index in [-0.39, 0.29) is 5.60 Å². The molecule has 0 radical (unpaired) electrons. The van der Waals surface area contributed by atoms with Crippen molar-refractivity contribution in [1.29, 1.82) is 0 Å². The molecule has 2 heterocycles. The topological polar surface area (TPSA) is 32.8 Å². The summed E-state index contributed by atoms with van der Waals surface area (Å²) in [7, 11) is 2.23. The first kappa shape index (κ1) is 18.8. The molecule has 0 aliphatic carbocycles. The van der Waals surface area contributed by atoms with Gasteiger partial charge < -0.3 is 14.5 Å². The van der Waals surface area contributed by atoms with Crippen molar-refractivity contribution in [3.8, 4) is 0 Å². The van der Waals surface area contributed by atoms with Crippen molar-refractivity contribution in [2.75, 3.05) is 31.6 Å². The minimum atomic E-state index is -0.318. The van der Waals surface area contributed by atoms with E-state index in [0.29, 0.717) is 6.47 Å². The number of anilines is 1. The van der Waals surface area contributed by atoms with Gasteiger partial charge in [0, 0.05) is 18.3 Å². The molecule has 0 saturated carbocycles. The van der Waals surface area contributed by atoms with Crippen molar-refractivity contribution < 1.29 is 9.53 Å². The van der Waals surface area contributed by atoms with Crippen LogP contribution in [0.25, 0.3) is 0 Å². The third kappa shape index (κ3) is 5.23.